The van der Waals surface area contributed by atoms with Crippen LogP contribution < -0.4 is 11.1 Å². The second-order valence-electron chi connectivity index (χ2n) is 11.7. The molecule has 0 fully saturated rings. The Morgan fingerprint density at radius 3 is 1.08 bits per heavy atom. The van der Waals surface area contributed by atoms with Crippen molar-refractivity contribution in [3.63, 3.8) is 0 Å². The van der Waals surface area contributed by atoms with Crippen molar-refractivity contribution in [3.8, 4) is 56.7 Å². The van der Waals surface area contributed by atoms with Gasteiger partial charge in [0.2, 0.25) is 11.6 Å². The van der Waals surface area contributed by atoms with E-state index < -0.39 is 0 Å². The van der Waals surface area contributed by atoms with Crippen molar-refractivity contribution < 1.29 is 0 Å². The lowest BCUT2D eigenvalue weighted by Gasteiger charge is -2.09. The third kappa shape index (κ3) is 4.90. The van der Waals surface area contributed by atoms with Gasteiger partial charge in [0.1, 0.15) is 0 Å². The number of aromatic nitrogens is 8. The minimum atomic E-state index is -0.357. The van der Waals surface area contributed by atoms with Gasteiger partial charge in [-0.25, -0.2) is 0 Å². The second kappa shape index (κ2) is 11.8. The molecule has 0 bridgehead atoms. The van der Waals surface area contributed by atoms with Crippen molar-refractivity contribution >= 4 is 11.6 Å². The van der Waals surface area contributed by atoms with E-state index in [0.29, 0.717) is 34.6 Å². The molecule has 0 aliphatic heterocycles. The van der Waals surface area contributed by atoms with Gasteiger partial charge in [-0.15, -0.1) is 10.2 Å². The monoisotopic (exact) mass is 650 g/mol. The van der Waals surface area contributed by atoms with Crippen LogP contribution in [0.1, 0.15) is 0 Å². The molecular formula is C40H26N8O2. The first-order valence-corrected chi connectivity index (χ1v) is 16.0. The number of nitrogens with zero attached hydrogens (tertiary/aromatic N) is 8. The topological polar surface area (TPSA) is 104 Å². The van der Waals surface area contributed by atoms with Crippen LogP contribution in [0.25, 0.3) is 68.2 Å². The Kier molecular flexibility index (Phi) is 6.84. The fourth-order valence-electron chi connectivity index (χ4n) is 6.28. The predicted octanol–water partition coefficient (Wildman–Crippen LogP) is 6.74. The first-order chi connectivity index (χ1) is 24.6. The zero-order valence-electron chi connectivity index (χ0n) is 26.4. The van der Waals surface area contributed by atoms with Gasteiger partial charge in [0.15, 0.2) is 11.6 Å². The summed E-state index contributed by atoms with van der Waals surface area (Å²) in [6.07, 6.45) is 0. The highest BCUT2D eigenvalue weighted by Crippen LogP contribution is 2.31. The molecule has 0 aliphatic rings. The molecule has 0 aliphatic carbocycles. The number of para-hydroxylation sites is 2. The van der Waals surface area contributed by atoms with E-state index in [9.17, 15) is 9.59 Å². The van der Waals surface area contributed by atoms with Crippen LogP contribution >= 0.6 is 0 Å². The van der Waals surface area contributed by atoms with E-state index in [0.717, 1.165) is 33.6 Å². The van der Waals surface area contributed by atoms with Crippen LogP contribution in [0.5, 0.6) is 0 Å². The van der Waals surface area contributed by atoms with Crippen LogP contribution in [0, 0.1) is 0 Å². The molecule has 10 nitrogen and oxygen atoms in total. The SMILES string of the molecule is O=c1cc(-c2ccccc2)n2c(-c3ccc(-c4nn(-c5ccccc5)c5nc(=O)cc(-c6ccccc6)n45)cc3)nn(-c3ccccc3)c2n1. The Bertz CT molecular complexity index is 2580. The minimum Gasteiger partial charge on any atom is -0.267 e. The highest BCUT2D eigenvalue weighted by molar-refractivity contribution is 5.73. The van der Waals surface area contributed by atoms with E-state index in [2.05, 4.69) is 9.97 Å². The zero-order valence-corrected chi connectivity index (χ0v) is 26.4. The molecule has 0 saturated heterocycles. The first kappa shape index (κ1) is 29.0. The average molecular weight is 651 g/mol. The van der Waals surface area contributed by atoms with Gasteiger partial charge in [0.05, 0.1) is 22.8 Å². The number of hydrogen-bond donors (Lipinski definition) is 0. The van der Waals surface area contributed by atoms with Crippen LogP contribution in [0.15, 0.2) is 167 Å². The molecule has 0 spiro atoms. The van der Waals surface area contributed by atoms with Crippen molar-refractivity contribution in [2.45, 2.75) is 0 Å². The van der Waals surface area contributed by atoms with Gasteiger partial charge in [-0.1, -0.05) is 121 Å². The van der Waals surface area contributed by atoms with Crippen LogP contribution in [0.4, 0.5) is 0 Å². The van der Waals surface area contributed by atoms with E-state index in [1.165, 1.54) is 0 Å². The molecule has 0 amide bonds. The second-order valence-corrected chi connectivity index (χ2v) is 11.7. The lowest BCUT2D eigenvalue weighted by Crippen LogP contribution is -2.12. The summed E-state index contributed by atoms with van der Waals surface area (Å²) in [6.45, 7) is 0. The normalized spacial score (nSPS) is 11.4. The van der Waals surface area contributed by atoms with Gasteiger partial charge in [-0.3, -0.25) is 18.4 Å². The van der Waals surface area contributed by atoms with Gasteiger partial charge in [0.25, 0.3) is 11.1 Å². The van der Waals surface area contributed by atoms with Crippen molar-refractivity contribution in [1.29, 1.82) is 0 Å². The van der Waals surface area contributed by atoms with E-state index in [-0.39, 0.29) is 11.1 Å². The Balaban J connectivity index is 1.26. The van der Waals surface area contributed by atoms with Crippen LogP contribution in [-0.2, 0) is 0 Å². The summed E-state index contributed by atoms with van der Waals surface area (Å²) >= 11 is 0. The molecule has 9 aromatic rings. The maximum Gasteiger partial charge on any atom is 0.275 e. The van der Waals surface area contributed by atoms with Gasteiger partial charge >= 0.3 is 0 Å². The molecule has 4 heterocycles. The van der Waals surface area contributed by atoms with Crippen molar-refractivity contribution in [1.82, 2.24) is 38.3 Å². The zero-order chi connectivity index (χ0) is 33.6. The molecule has 0 atom stereocenters. The fourth-order valence-corrected chi connectivity index (χ4v) is 6.28. The Morgan fingerprint density at radius 1 is 0.380 bits per heavy atom. The molecule has 4 aromatic heterocycles. The van der Waals surface area contributed by atoms with E-state index in [4.69, 9.17) is 10.2 Å². The van der Waals surface area contributed by atoms with Gasteiger partial charge in [-0.2, -0.15) is 19.3 Å². The molecule has 10 heteroatoms. The average Bonchev–Trinajstić information content (AvgIpc) is 3.75. The summed E-state index contributed by atoms with van der Waals surface area (Å²) in [4.78, 5) is 34.8. The Morgan fingerprint density at radius 2 is 0.720 bits per heavy atom. The molecule has 0 radical (unpaired) electrons. The summed E-state index contributed by atoms with van der Waals surface area (Å²) < 4.78 is 7.22. The van der Waals surface area contributed by atoms with Crippen molar-refractivity contribution in [2.75, 3.05) is 0 Å². The summed E-state index contributed by atoms with van der Waals surface area (Å²) in [7, 11) is 0. The standard InChI is InChI=1S/C40H26N8O2/c49-35-25-33(27-13-5-1-6-14-27)45-37(43-47(39(45)41-35)31-17-9-3-10-18-31)29-21-23-30(24-22-29)38-44-48(32-19-11-4-12-20-32)40-42-36(50)26-34(46(38)40)28-15-7-2-8-16-28/h1-26H. The highest BCUT2D eigenvalue weighted by Gasteiger charge is 2.22. The fraction of sp³-hybridized carbons (Fsp3) is 0. The van der Waals surface area contributed by atoms with Crippen molar-refractivity contribution in [3.05, 3.63) is 178 Å². The predicted molar refractivity (Wildman–Crippen MR) is 192 cm³/mol. The molecule has 238 valence electrons. The molecular weight excluding hydrogens is 624 g/mol. The smallest absolute Gasteiger partial charge is 0.267 e. The van der Waals surface area contributed by atoms with Crippen LogP contribution in [0.2, 0.25) is 0 Å². The van der Waals surface area contributed by atoms with Crippen LogP contribution in [-0.4, -0.2) is 38.3 Å². The van der Waals surface area contributed by atoms with E-state index >= 15 is 0 Å². The van der Waals surface area contributed by atoms with E-state index in [1.807, 2.05) is 154 Å². The van der Waals surface area contributed by atoms with Crippen molar-refractivity contribution in [2.24, 2.45) is 0 Å². The van der Waals surface area contributed by atoms with Gasteiger partial charge < -0.3 is 0 Å². The third-order valence-corrected chi connectivity index (χ3v) is 8.56. The molecule has 0 N–H and O–H groups in total. The summed E-state index contributed by atoms with van der Waals surface area (Å²) in [5.74, 6) is 2.02. The molecule has 0 saturated carbocycles. The Hall–Kier alpha value is -7.20. The summed E-state index contributed by atoms with van der Waals surface area (Å²) in [5.41, 5.74) is 5.52. The highest BCUT2D eigenvalue weighted by atomic mass is 16.1. The number of hydrogen-bond acceptors (Lipinski definition) is 6. The van der Waals surface area contributed by atoms with E-state index in [1.54, 1.807) is 21.5 Å². The summed E-state index contributed by atoms with van der Waals surface area (Å²) in [6, 6.07) is 49.7. The number of benzene rings is 5. The molecule has 50 heavy (non-hydrogen) atoms. The largest absolute Gasteiger partial charge is 0.275 e. The quantitative estimate of drug-likeness (QED) is 0.197. The van der Waals surface area contributed by atoms with Gasteiger partial charge in [0, 0.05) is 23.3 Å². The number of fused-ring (bicyclic) bond motifs is 2. The lowest BCUT2D eigenvalue weighted by atomic mass is 10.1. The maximum atomic E-state index is 13.0. The molecule has 0 unspecified atom stereocenters. The maximum absolute atomic E-state index is 13.0. The summed E-state index contributed by atoms with van der Waals surface area (Å²) in [5, 5.41) is 10.1. The number of rotatable bonds is 6. The lowest BCUT2D eigenvalue weighted by molar-refractivity contribution is 0.895. The molecule has 5 aromatic carbocycles. The molecule has 9 rings (SSSR count). The third-order valence-electron chi connectivity index (χ3n) is 8.56. The van der Waals surface area contributed by atoms with Gasteiger partial charge in [-0.05, 0) is 35.4 Å². The minimum absolute atomic E-state index is 0.357. The first-order valence-electron chi connectivity index (χ1n) is 16.0. The Labute approximate surface area is 284 Å². The van der Waals surface area contributed by atoms with Crippen LogP contribution in [0.3, 0.4) is 0 Å².